The quantitative estimate of drug-likeness (QED) is 0.653. The van der Waals surface area contributed by atoms with Crippen molar-refractivity contribution in [1.82, 2.24) is 0 Å². The van der Waals surface area contributed by atoms with Crippen molar-refractivity contribution in [3.63, 3.8) is 0 Å². The number of carbonyl (C=O) groups excluding carboxylic acids is 1. The highest BCUT2D eigenvalue weighted by Crippen LogP contribution is 2.20. The van der Waals surface area contributed by atoms with E-state index in [4.69, 9.17) is 9.47 Å². The van der Waals surface area contributed by atoms with Crippen LogP contribution in [0.15, 0.2) is 0 Å². The van der Waals surface area contributed by atoms with Crippen LogP contribution in [0.2, 0.25) is 0 Å². The molecule has 0 aromatic carbocycles. The highest BCUT2D eigenvalue weighted by atomic mass is 16.6. The molecule has 1 aliphatic carbocycles. The van der Waals surface area contributed by atoms with Crippen LogP contribution in [-0.2, 0) is 14.3 Å². The Kier molecular flexibility index (Phi) is 4.94. The molecule has 0 aromatic heterocycles. The molecule has 0 aromatic rings. The summed E-state index contributed by atoms with van der Waals surface area (Å²) < 4.78 is 10.4. The van der Waals surface area contributed by atoms with Crippen molar-refractivity contribution < 1.29 is 14.3 Å². The average molecular weight is 200 g/mol. The van der Waals surface area contributed by atoms with Gasteiger partial charge in [-0.3, -0.25) is 0 Å². The number of ether oxygens (including phenoxy) is 2. The molecule has 3 heteroatoms. The Morgan fingerprint density at radius 3 is 2.50 bits per heavy atom. The number of carbonyl (C=O) groups is 1. The molecule has 1 rings (SSSR count). The van der Waals surface area contributed by atoms with Crippen LogP contribution in [0.4, 0.5) is 0 Å². The predicted octanol–water partition coefficient (Wildman–Crippen LogP) is 2.29. The van der Waals surface area contributed by atoms with E-state index in [9.17, 15) is 4.79 Å². The van der Waals surface area contributed by atoms with Crippen molar-refractivity contribution in [2.75, 3.05) is 6.61 Å². The zero-order valence-corrected chi connectivity index (χ0v) is 9.12. The van der Waals surface area contributed by atoms with Crippen LogP contribution < -0.4 is 0 Å². The lowest BCUT2D eigenvalue weighted by atomic mass is 9.98. The first-order chi connectivity index (χ1) is 6.68. The maximum absolute atomic E-state index is 11.1. The maximum atomic E-state index is 11.1. The Hall–Kier alpha value is -0.570. The van der Waals surface area contributed by atoms with Gasteiger partial charge in [0.15, 0.2) is 0 Å². The molecule has 3 nitrogen and oxygen atoms in total. The van der Waals surface area contributed by atoms with Crippen LogP contribution in [0.25, 0.3) is 0 Å². The summed E-state index contributed by atoms with van der Waals surface area (Å²) in [6.45, 7) is 3.81. The largest absolute Gasteiger partial charge is 0.461 e. The molecular formula is C11H20O3. The van der Waals surface area contributed by atoms with Gasteiger partial charge in [0.1, 0.15) is 6.61 Å². The summed E-state index contributed by atoms with van der Waals surface area (Å²) in [6.07, 6.45) is 6.18. The Balaban J connectivity index is 2.09. The summed E-state index contributed by atoms with van der Waals surface area (Å²) in [5.41, 5.74) is 0. The van der Waals surface area contributed by atoms with Crippen LogP contribution in [0.3, 0.4) is 0 Å². The molecule has 0 spiro atoms. The predicted molar refractivity (Wildman–Crippen MR) is 54.1 cm³/mol. The molecule has 0 bridgehead atoms. The van der Waals surface area contributed by atoms with E-state index in [1.807, 2.05) is 13.8 Å². The number of hydrogen-bond acceptors (Lipinski definition) is 3. The van der Waals surface area contributed by atoms with E-state index in [1.54, 1.807) is 0 Å². The van der Waals surface area contributed by atoms with Crippen molar-refractivity contribution >= 4 is 5.97 Å². The van der Waals surface area contributed by atoms with E-state index in [-0.39, 0.29) is 24.8 Å². The minimum Gasteiger partial charge on any atom is -0.461 e. The summed E-state index contributed by atoms with van der Waals surface area (Å²) >= 11 is 0. The zero-order chi connectivity index (χ0) is 10.4. The third-order valence-corrected chi connectivity index (χ3v) is 2.36. The fraction of sp³-hybridized carbons (Fsp3) is 0.909. The summed E-state index contributed by atoms with van der Waals surface area (Å²) in [7, 11) is 0. The molecule has 0 radical (unpaired) electrons. The standard InChI is InChI=1S/C11H20O3/c1-9(2)14-11(12)8-13-10-6-4-3-5-7-10/h9-10H,3-8H2,1-2H3. The van der Waals surface area contributed by atoms with Gasteiger partial charge in [0.2, 0.25) is 0 Å². The fourth-order valence-electron chi connectivity index (χ4n) is 1.71. The van der Waals surface area contributed by atoms with Gasteiger partial charge in [-0.15, -0.1) is 0 Å². The van der Waals surface area contributed by atoms with Crippen molar-refractivity contribution in [2.24, 2.45) is 0 Å². The average Bonchev–Trinajstić information content (AvgIpc) is 2.15. The van der Waals surface area contributed by atoms with Crippen molar-refractivity contribution in [3.05, 3.63) is 0 Å². The topological polar surface area (TPSA) is 35.5 Å². The van der Waals surface area contributed by atoms with E-state index in [1.165, 1.54) is 19.3 Å². The number of rotatable bonds is 4. The molecular weight excluding hydrogens is 180 g/mol. The summed E-state index contributed by atoms with van der Waals surface area (Å²) in [5.74, 6) is -0.245. The monoisotopic (exact) mass is 200 g/mol. The summed E-state index contributed by atoms with van der Waals surface area (Å²) in [6, 6.07) is 0. The molecule has 14 heavy (non-hydrogen) atoms. The van der Waals surface area contributed by atoms with Crippen LogP contribution in [0, 0.1) is 0 Å². The van der Waals surface area contributed by atoms with Crippen molar-refractivity contribution in [1.29, 1.82) is 0 Å². The highest BCUT2D eigenvalue weighted by Gasteiger charge is 2.15. The maximum Gasteiger partial charge on any atom is 0.332 e. The van der Waals surface area contributed by atoms with Gasteiger partial charge < -0.3 is 9.47 Å². The van der Waals surface area contributed by atoms with Gasteiger partial charge in [0, 0.05) is 0 Å². The van der Waals surface area contributed by atoms with E-state index in [2.05, 4.69) is 0 Å². The number of esters is 1. The molecule has 0 unspecified atom stereocenters. The van der Waals surface area contributed by atoms with Crippen LogP contribution >= 0.6 is 0 Å². The Labute approximate surface area is 85.8 Å². The molecule has 0 N–H and O–H groups in total. The van der Waals surface area contributed by atoms with Gasteiger partial charge in [0.25, 0.3) is 0 Å². The minimum absolute atomic E-state index is 0.0440. The molecule has 0 amide bonds. The normalized spacial score (nSPS) is 18.5. The number of hydrogen-bond donors (Lipinski definition) is 0. The second kappa shape index (κ2) is 6.02. The first kappa shape index (κ1) is 11.5. The second-order valence-corrected chi connectivity index (χ2v) is 4.11. The first-order valence-corrected chi connectivity index (χ1v) is 5.49. The first-order valence-electron chi connectivity index (χ1n) is 5.49. The van der Waals surface area contributed by atoms with Crippen molar-refractivity contribution in [3.8, 4) is 0 Å². The molecule has 82 valence electrons. The lowest BCUT2D eigenvalue weighted by molar-refractivity contribution is -0.155. The molecule has 0 atom stereocenters. The molecule has 0 aliphatic heterocycles. The molecule has 1 fully saturated rings. The summed E-state index contributed by atoms with van der Waals surface area (Å²) in [5, 5.41) is 0. The lowest BCUT2D eigenvalue weighted by Gasteiger charge is -2.21. The smallest absolute Gasteiger partial charge is 0.332 e. The Morgan fingerprint density at radius 1 is 1.29 bits per heavy atom. The molecule has 1 aliphatic rings. The zero-order valence-electron chi connectivity index (χ0n) is 9.12. The molecule has 0 saturated heterocycles. The van der Waals surface area contributed by atoms with Gasteiger partial charge in [-0.25, -0.2) is 4.79 Å². The van der Waals surface area contributed by atoms with E-state index >= 15 is 0 Å². The Bertz CT molecular complexity index is 171. The lowest BCUT2D eigenvalue weighted by Crippen LogP contribution is -2.23. The van der Waals surface area contributed by atoms with Gasteiger partial charge in [0.05, 0.1) is 12.2 Å². The third-order valence-electron chi connectivity index (χ3n) is 2.36. The minimum atomic E-state index is -0.245. The molecule has 0 heterocycles. The van der Waals surface area contributed by atoms with E-state index in [0.717, 1.165) is 12.8 Å². The molecule has 1 saturated carbocycles. The fourth-order valence-corrected chi connectivity index (χ4v) is 1.71. The highest BCUT2D eigenvalue weighted by molar-refractivity contribution is 5.70. The van der Waals surface area contributed by atoms with E-state index in [0.29, 0.717) is 0 Å². The van der Waals surface area contributed by atoms with Gasteiger partial charge in [-0.1, -0.05) is 19.3 Å². The SMILES string of the molecule is CC(C)OC(=O)COC1CCCCC1. The van der Waals surface area contributed by atoms with E-state index < -0.39 is 0 Å². The van der Waals surface area contributed by atoms with Gasteiger partial charge >= 0.3 is 5.97 Å². The van der Waals surface area contributed by atoms with Gasteiger partial charge in [-0.2, -0.15) is 0 Å². The van der Waals surface area contributed by atoms with Gasteiger partial charge in [-0.05, 0) is 26.7 Å². The van der Waals surface area contributed by atoms with Crippen LogP contribution in [-0.4, -0.2) is 24.8 Å². The van der Waals surface area contributed by atoms with Crippen molar-refractivity contribution in [2.45, 2.75) is 58.2 Å². The summed E-state index contributed by atoms with van der Waals surface area (Å²) in [4.78, 5) is 11.1. The van der Waals surface area contributed by atoms with Crippen LogP contribution in [0.1, 0.15) is 46.0 Å². The Morgan fingerprint density at radius 2 is 1.93 bits per heavy atom. The van der Waals surface area contributed by atoms with Crippen LogP contribution in [0.5, 0.6) is 0 Å². The third kappa shape index (κ3) is 4.61. The second-order valence-electron chi connectivity index (χ2n) is 4.11.